The van der Waals surface area contributed by atoms with Gasteiger partial charge in [-0.2, -0.15) is 0 Å². The molecule has 7 heteroatoms. The number of nitrogens with zero attached hydrogens (tertiary/aromatic N) is 2. The molecule has 0 bridgehead atoms. The number of pyridine rings is 1. The fourth-order valence-electron chi connectivity index (χ4n) is 2.78. The molecule has 3 aromatic rings. The van der Waals surface area contributed by atoms with Crippen LogP contribution in [-0.2, 0) is 14.8 Å². The molecule has 1 fully saturated rings. The predicted molar refractivity (Wildman–Crippen MR) is 83.3 cm³/mol. The number of aromatic amines is 1. The molecule has 3 N–H and O–H groups in total. The number of primary sulfonamides is 1. The summed E-state index contributed by atoms with van der Waals surface area (Å²) in [6.45, 7) is 0. The van der Waals surface area contributed by atoms with Crippen molar-refractivity contribution >= 4 is 21.2 Å². The van der Waals surface area contributed by atoms with Crippen molar-refractivity contribution in [3.63, 3.8) is 0 Å². The van der Waals surface area contributed by atoms with Gasteiger partial charge in [0.05, 0.1) is 17.5 Å². The van der Waals surface area contributed by atoms with Gasteiger partial charge in [-0.05, 0) is 30.5 Å². The van der Waals surface area contributed by atoms with Crippen molar-refractivity contribution in [2.45, 2.75) is 17.6 Å². The Morgan fingerprint density at radius 1 is 1.09 bits per heavy atom. The van der Waals surface area contributed by atoms with E-state index in [1.165, 1.54) is 0 Å². The molecule has 0 atom stereocenters. The zero-order chi connectivity index (χ0) is 15.4. The Morgan fingerprint density at radius 2 is 1.82 bits per heavy atom. The van der Waals surface area contributed by atoms with Gasteiger partial charge in [-0.1, -0.05) is 24.3 Å². The van der Waals surface area contributed by atoms with Crippen LogP contribution in [0, 0.1) is 0 Å². The van der Waals surface area contributed by atoms with Gasteiger partial charge in [0.15, 0.2) is 5.65 Å². The Kier molecular flexibility index (Phi) is 2.67. The lowest BCUT2D eigenvalue weighted by molar-refractivity contribution is 0.582. The lowest BCUT2D eigenvalue weighted by Crippen LogP contribution is -2.28. The third kappa shape index (κ3) is 1.93. The molecular formula is C15H14N4O2S. The minimum atomic E-state index is -3.57. The van der Waals surface area contributed by atoms with E-state index in [9.17, 15) is 8.42 Å². The third-order valence-electron chi connectivity index (χ3n) is 4.24. The van der Waals surface area contributed by atoms with E-state index in [1.54, 1.807) is 6.33 Å². The average molecular weight is 314 g/mol. The summed E-state index contributed by atoms with van der Waals surface area (Å²) < 4.78 is 22.6. The highest BCUT2D eigenvalue weighted by Crippen LogP contribution is 2.51. The molecule has 0 saturated heterocycles. The van der Waals surface area contributed by atoms with Gasteiger partial charge < -0.3 is 4.98 Å². The molecule has 22 heavy (non-hydrogen) atoms. The number of hydrogen-bond acceptors (Lipinski definition) is 4. The van der Waals surface area contributed by atoms with Crippen LogP contribution in [0.25, 0.3) is 22.4 Å². The number of nitrogens with two attached hydrogens (primary N) is 1. The number of benzene rings is 1. The van der Waals surface area contributed by atoms with Crippen molar-refractivity contribution in [3.05, 3.63) is 48.3 Å². The molecule has 0 spiro atoms. The van der Waals surface area contributed by atoms with Crippen LogP contribution in [0.1, 0.15) is 18.4 Å². The first-order valence-corrected chi connectivity index (χ1v) is 8.48. The summed E-state index contributed by atoms with van der Waals surface area (Å²) in [5.74, 6) is 0. The molecule has 0 radical (unpaired) electrons. The Hall–Kier alpha value is -2.25. The maximum Gasteiger partial charge on any atom is 0.219 e. The van der Waals surface area contributed by atoms with Crippen molar-refractivity contribution in [1.29, 1.82) is 0 Å². The van der Waals surface area contributed by atoms with Gasteiger partial charge in [-0.25, -0.2) is 23.5 Å². The molecule has 1 aliphatic rings. The Bertz CT molecular complexity index is 957. The van der Waals surface area contributed by atoms with Crippen molar-refractivity contribution in [2.75, 3.05) is 0 Å². The zero-order valence-electron chi connectivity index (χ0n) is 11.7. The summed E-state index contributed by atoms with van der Waals surface area (Å²) in [7, 11) is -3.57. The molecule has 1 saturated carbocycles. The van der Waals surface area contributed by atoms with Crippen molar-refractivity contribution in [2.24, 2.45) is 5.14 Å². The second kappa shape index (κ2) is 4.37. The monoisotopic (exact) mass is 314 g/mol. The van der Waals surface area contributed by atoms with Crippen LogP contribution in [0.15, 0.2) is 42.7 Å². The van der Waals surface area contributed by atoms with E-state index in [0.717, 1.165) is 22.3 Å². The lowest BCUT2D eigenvalue weighted by Gasteiger charge is -2.13. The number of fused-ring (bicyclic) bond motifs is 1. The highest BCUT2D eigenvalue weighted by molar-refractivity contribution is 7.90. The van der Waals surface area contributed by atoms with E-state index < -0.39 is 14.8 Å². The second-order valence-electron chi connectivity index (χ2n) is 5.59. The average Bonchev–Trinajstić information content (AvgIpc) is 3.20. The van der Waals surface area contributed by atoms with Crippen LogP contribution in [0.2, 0.25) is 0 Å². The van der Waals surface area contributed by atoms with Gasteiger partial charge in [0.1, 0.15) is 4.75 Å². The van der Waals surface area contributed by atoms with Crippen LogP contribution < -0.4 is 5.14 Å². The van der Waals surface area contributed by atoms with E-state index >= 15 is 0 Å². The van der Waals surface area contributed by atoms with E-state index in [1.807, 2.05) is 36.4 Å². The Balaban J connectivity index is 1.73. The topological polar surface area (TPSA) is 102 Å². The Labute approximate surface area is 127 Å². The Morgan fingerprint density at radius 3 is 2.45 bits per heavy atom. The standard InChI is InChI=1S/C15H14N4O2S/c16-22(20,21)15(7-8-15)11-3-1-10(2-4-11)12-5-6-13-14(19-12)18-9-17-13/h1-6,9H,7-8H2,(H2,16,20,21)(H,17,18,19). The summed E-state index contributed by atoms with van der Waals surface area (Å²) in [6.07, 6.45) is 2.78. The van der Waals surface area contributed by atoms with Gasteiger partial charge in [-0.15, -0.1) is 0 Å². The first-order chi connectivity index (χ1) is 10.5. The summed E-state index contributed by atoms with van der Waals surface area (Å²) in [5.41, 5.74) is 4.00. The molecule has 112 valence electrons. The van der Waals surface area contributed by atoms with E-state index in [2.05, 4.69) is 15.0 Å². The minimum absolute atomic E-state index is 0.586. The van der Waals surface area contributed by atoms with E-state index in [0.29, 0.717) is 18.5 Å². The first-order valence-electron chi connectivity index (χ1n) is 6.93. The van der Waals surface area contributed by atoms with Crippen LogP contribution in [0.5, 0.6) is 0 Å². The molecule has 0 unspecified atom stereocenters. The summed E-state index contributed by atoms with van der Waals surface area (Å²) in [6, 6.07) is 11.2. The van der Waals surface area contributed by atoms with Crippen LogP contribution in [0.4, 0.5) is 0 Å². The first kappa shape index (κ1) is 13.4. The number of H-pyrrole nitrogens is 1. The quantitative estimate of drug-likeness (QED) is 0.770. The molecule has 0 amide bonds. The molecule has 2 heterocycles. The van der Waals surface area contributed by atoms with Gasteiger partial charge in [0.2, 0.25) is 10.0 Å². The van der Waals surface area contributed by atoms with Crippen molar-refractivity contribution in [1.82, 2.24) is 15.0 Å². The van der Waals surface area contributed by atoms with Gasteiger partial charge in [0, 0.05) is 5.56 Å². The summed E-state index contributed by atoms with van der Waals surface area (Å²) >= 11 is 0. The smallest absolute Gasteiger partial charge is 0.219 e. The third-order valence-corrected chi connectivity index (χ3v) is 5.97. The van der Waals surface area contributed by atoms with Gasteiger partial charge in [0.25, 0.3) is 0 Å². The normalized spacial score (nSPS) is 16.8. The molecular weight excluding hydrogens is 300 g/mol. The predicted octanol–water partition coefficient (Wildman–Crippen LogP) is 1.90. The van der Waals surface area contributed by atoms with Crippen LogP contribution in [-0.4, -0.2) is 23.4 Å². The fraction of sp³-hybridized carbons (Fsp3) is 0.200. The largest absolute Gasteiger partial charge is 0.343 e. The molecule has 1 aromatic carbocycles. The molecule has 1 aliphatic carbocycles. The lowest BCUT2D eigenvalue weighted by atomic mass is 10.1. The summed E-state index contributed by atoms with van der Waals surface area (Å²) in [4.78, 5) is 11.6. The van der Waals surface area contributed by atoms with Crippen molar-refractivity contribution < 1.29 is 8.42 Å². The molecule has 4 rings (SSSR count). The number of imidazole rings is 1. The molecule has 2 aromatic heterocycles. The number of hydrogen-bond donors (Lipinski definition) is 2. The number of rotatable bonds is 3. The number of nitrogens with one attached hydrogen (secondary N) is 1. The highest BCUT2D eigenvalue weighted by Gasteiger charge is 2.54. The molecule has 6 nitrogen and oxygen atoms in total. The van der Waals surface area contributed by atoms with Gasteiger partial charge in [-0.3, -0.25) is 0 Å². The van der Waals surface area contributed by atoms with E-state index in [4.69, 9.17) is 5.14 Å². The number of aromatic nitrogens is 3. The second-order valence-corrected chi connectivity index (χ2v) is 7.46. The SMILES string of the molecule is NS(=O)(=O)C1(c2ccc(-c3ccc4[nH]cnc4n3)cc2)CC1. The zero-order valence-corrected chi connectivity index (χ0v) is 12.5. The maximum atomic E-state index is 11.7. The van der Waals surface area contributed by atoms with Crippen LogP contribution in [0.3, 0.4) is 0 Å². The highest BCUT2D eigenvalue weighted by atomic mass is 32.2. The molecule has 0 aliphatic heterocycles. The maximum absolute atomic E-state index is 11.7. The van der Waals surface area contributed by atoms with Crippen molar-refractivity contribution in [3.8, 4) is 11.3 Å². The van der Waals surface area contributed by atoms with Crippen LogP contribution >= 0.6 is 0 Å². The fourth-order valence-corrected chi connectivity index (χ4v) is 3.91. The minimum Gasteiger partial charge on any atom is -0.343 e. The van der Waals surface area contributed by atoms with Gasteiger partial charge >= 0.3 is 0 Å². The van der Waals surface area contributed by atoms with E-state index in [-0.39, 0.29) is 0 Å². The number of sulfonamides is 1. The summed E-state index contributed by atoms with van der Waals surface area (Å²) in [5, 5.41) is 5.36.